The van der Waals surface area contributed by atoms with Crippen LogP contribution < -0.4 is 5.32 Å². The summed E-state index contributed by atoms with van der Waals surface area (Å²) in [5, 5.41) is 3.35. The predicted octanol–water partition coefficient (Wildman–Crippen LogP) is 5.80. The van der Waals surface area contributed by atoms with Gasteiger partial charge in [-0.15, -0.1) is 0 Å². The first-order valence-corrected chi connectivity index (χ1v) is 8.96. The molecule has 0 saturated heterocycles. The summed E-state index contributed by atoms with van der Waals surface area (Å²) in [6.45, 7) is 13.5. The number of rotatable bonds is 7. The van der Waals surface area contributed by atoms with Gasteiger partial charge in [-0.3, -0.25) is 0 Å². The van der Waals surface area contributed by atoms with Crippen LogP contribution in [-0.4, -0.2) is 31.6 Å². The second-order valence-electron chi connectivity index (χ2n) is 3.62. The summed E-state index contributed by atoms with van der Waals surface area (Å²) in [7, 11) is 3.28. The molecule has 0 aliphatic carbocycles. The number of nitrogens with zero attached hydrogens (tertiary/aromatic N) is 1. The van der Waals surface area contributed by atoms with Gasteiger partial charge >= 0.3 is 0 Å². The van der Waals surface area contributed by atoms with Crippen LogP contribution in [0.15, 0.2) is 0 Å². The van der Waals surface area contributed by atoms with E-state index in [1.165, 1.54) is 19.4 Å². The molecule has 19 heavy (non-hydrogen) atoms. The van der Waals surface area contributed by atoms with Crippen LogP contribution in [0.1, 0.15) is 47.5 Å². The lowest BCUT2D eigenvalue weighted by molar-refractivity contribution is 0.345. The van der Waals surface area contributed by atoms with E-state index in [0.717, 1.165) is 35.5 Å². The topological polar surface area (TPSA) is 15.3 Å². The molecule has 0 bridgehead atoms. The number of nitrogens with one attached hydrogen (secondary N) is 1. The van der Waals surface area contributed by atoms with Crippen molar-refractivity contribution in [2.75, 3.05) is 32.0 Å². The Balaban J connectivity index is 0. The lowest BCUT2D eigenvalue weighted by Gasteiger charge is -2.13. The number of anilines is 1. The first-order chi connectivity index (χ1) is 9.15. The Bertz CT molecular complexity index is 373. The Morgan fingerprint density at radius 1 is 1.11 bits per heavy atom. The van der Waals surface area contributed by atoms with Gasteiger partial charge in [0.2, 0.25) is 0 Å². The van der Waals surface area contributed by atoms with Gasteiger partial charge in [-0.2, -0.15) is 0 Å². The van der Waals surface area contributed by atoms with Gasteiger partial charge in [0.05, 0.1) is 14.2 Å². The summed E-state index contributed by atoms with van der Waals surface area (Å²) in [6.07, 6.45) is 2.43. The van der Waals surface area contributed by atoms with Crippen molar-refractivity contribution in [3.8, 4) is 0 Å². The minimum absolute atomic E-state index is 0.873. The lowest BCUT2D eigenvalue weighted by atomic mass is 10.3. The SMILES string of the molecule is CC.CC.CCN(C)CCCCNc1pc(=S)c1=S. The highest BCUT2D eigenvalue weighted by Gasteiger charge is 2.02. The minimum Gasteiger partial charge on any atom is -0.380 e. The molecular weight excluding hydrogens is 291 g/mol. The zero-order valence-electron chi connectivity index (χ0n) is 13.2. The second kappa shape index (κ2) is 14.5. The molecule has 1 N–H and O–H groups in total. The zero-order chi connectivity index (χ0) is 15.3. The molecule has 0 spiro atoms. The van der Waals surface area contributed by atoms with Gasteiger partial charge in [-0.25, -0.2) is 0 Å². The van der Waals surface area contributed by atoms with E-state index in [4.69, 9.17) is 24.4 Å². The second-order valence-corrected chi connectivity index (χ2v) is 5.86. The number of hydrogen-bond acceptors (Lipinski definition) is 4. The average Bonchev–Trinajstić information content (AvgIpc) is 2.49. The molecule has 0 aliphatic rings. The van der Waals surface area contributed by atoms with Crippen LogP contribution in [-0.2, 0) is 0 Å². The summed E-state index contributed by atoms with van der Waals surface area (Å²) < 4.78 is 1.79. The standard InChI is InChI=1S/C10H17N2PS2.2C2H6/c1-3-12(2)7-5-4-6-11-9-8(14)10(15)13-9;2*1-2/h11H,3-7H2,1-2H3;2*1-2H3. The van der Waals surface area contributed by atoms with E-state index in [1.54, 1.807) is 0 Å². The fourth-order valence-corrected chi connectivity index (χ4v) is 2.69. The van der Waals surface area contributed by atoms with E-state index in [0.29, 0.717) is 0 Å². The van der Waals surface area contributed by atoms with Gasteiger partial charge in [0.15, 0.2) is 0 Å². The third kappa shape index (κ3) is 9.61. The third-order valence-electron chi connectivity index (χ3n) is 2.42. The van der Waals surface area contributed by atoms with Gasteiger partial charge in [0.25, 0.3) is 0 Å². The summed E-state index contributed by atoms with van der Waals surface area (Å²) >= 11 is 10.1. The molecule has 1 aromatic heterocycles. The molecule has 0 radical (unpaired) electrons. The Labute approximate surface area is 131 Å². The van der Waals surface area contributed by atoms with E-state index < -0.39 is 0 Å². The molecular formula is C14H29N2PS2. The minimum atomic E-state index is 0.873. The molecule has 112 valence electrons. The van der Waals surface area contributed by atoms with E-state index in [1.807, 2.05) is 27.7 Å². The molecule has 0 aromatic carbocycles. The van der Waals surface area contributed by atoms with Crippen LogP contribution in [0.25, 0.3) is 0 Å². The molecule has 0 fully saturated rings. The van der Waals surface area contributed by atoms with E-state index >= 15 is 0 Å². The highest BCUT2D eigenvalue weighted by molar-refractivity contribution is 7.77. The maximum atomic E-state index is 5.11. The maximum Gasteiger partial charge on any atom is 0.0883 e. The highest BCUT2D eigenvalue weighted by atomic mass is 32.1. The van der Waals surface area contributed by atoms with Crippen LogP contribution >= 0.6 is 32.6 Å². The number of unbranched alkanes of at least 4 members (excludes halogenated alkanes) is 1. The lowest BCUT2D eigenvalue weighted by Crippen LogP contribution is -2.19. The van der Waals surface area contributed by atoms with Crippen molar-refractivity contribution >= 4 is 38.0 Å². The normalized spacial score (nSPS) is 9.84. The Hall–Kier alpha value is 0.110. The summed E-state index contributed by atoms with van der Waals surface area (Å²) in [4.78, 5) is 2.33. The fourth-order valence-electron chi connectivity index (χ4n) is 1.24. The van der Waals surface area contributed by atoms with Gasteiger partial charge in [-0.1, -0.05) is 59.1 Å². The quantitative estimate of drug-likeness (QED) is 0.504. The first kappa shape index (κ1) is 21.4. The largest absolute Gasteiger partial charge is 0.380 e. The van der Waals surface area contributed by atoms with Gasteiger partial charge in [0.1, 0.15) is 0 Å². The van der Waals surface area contributed by atoms with Gasteiger partial charge in [-0.05, 0) is 41.2 Å². The van der Waals surface area contributed by atoms with Crippen molar-refractivity contribution in [2.45, 2.75) is 47.5 Å². The fraction of sp³-hybridized carbons (Fsp3) is 0.786. The molecule has 1 rings (SSSR count). The Kier molecular flexibility index (Phi) is 16.4. The highest BCUT2D eigenvalue weighted by Crippen LogP contribution is 2.31. The number of hydrogen-bond donors (Lipinski definition) is 1. The smallest absolute Gasteiger partial charge is 0.0883 e. The van der Waals surface area contributed by atoms with Gasteiger partial charge < -0.3 is 10.2 Å². The van der Waals surface area contributed by atoms with E-state index in [9.17, 15) is 0 Å². The maximum absolute atomic E-state index is 5.11. The van der Waals surface area contributed by atoms with Crippen LogP contribution in [0.5, 0.6) is 0 Å². The van der Waals surface area contributed by atoms with Crippen molar-refractivity contribution in [3.63, 3.8) is 0 Å². The third-order valence-corrected chi connectivity index (χ3v) is 4.77. The molecule has 1 aromatic rings. The molecule has 1 heterocycles. The zero-order valence-corrected chi connectivity index (χ0v) is 15.8. The summed E-state index contributed by atoms with van der Waals surface area (Å²) in [5.41, 5.74) is 1.15. The van der Waals surface area contributed by atoms with Crippen LogP contribution in [0.4, 0.5) is 5.42 Å². The van der Waals surface area contributed by atoms with Crippen molar-refractivity contribution in [3.05, 3.63) is 8.75 Å². The van der Waals surface area contributed by atoms with E-state index in [-0.39, 0.29) is 0 Å². The van der Waals surface area contributed by atoms with Crippen molar-refractivity contribution in [2.24, 2.45) is 0 Å². The molecule has 0 aliphatic heterocycles. The predicted molar refractivity (Wildman–Crippen MR) is 96.6 cm³/mol. The van der Waals surface area contributed by atoms with Crippen LogP contribution in [0.3, 0.4) is 0 Å². The Morgan fingerprint density at radius 3 is 2.11 bits per heavy atom. The van der Waals surface area contributed by atoms with Gasteiger partial charge in [0, 0.05) is 6.54 Å². The Morgan fingerprint density at radius 2 is 1.68 bits per heavy atom. The summed E-state index contributed by atoms with van der Waals surface area (Å²) in [5.74, 6) is 0. The van der Waals surface area contributed by atoms with E-state index in [2.05, 4.69) is 24.2 Å². The molecule has 0 unspecified atom stereocenters. The van der Waals surface area contributed by atoms with Crippen LogP contribution in [0.2, 0.25) is 0 Å². The molecule has 5 heteroatoms. The van der Waals surface area contributed by atoms with Crippen molar-refractivity contribution < 1.29 is 0 Å². The molecule has 0 amide bonds. The summed E-state index contributed by atoms with van der Waals surface area (Å²) in [6, 6.07) is 0. The molecule has 0 saturated carbocycles. The monoisotopic (exact) mass is 320 g/mol. The molecule has 0 atom stereocenters. The average molecular weight is 321 g/mol. The van der Waals surface area contributed by atoms with Crippen LogP contribution in [0, 0.1) is 8.75 Å². The molecule has 2 nitrogen and oxygen atoms in total. The first-order valence-electron chi connectivity index (χ1n) is 7.25. The van der Waals surface area contributed by atoms with Crippen molar-refractivity contribution in [1.29, 1.82) is 0 Å². The van der Waals surface area contributed by atoms with Crippen molar-refractivity contribution in [1.82, 2.24) is 4.90 Å².